The van der Waals surface area contributed by atoms with Crippen LogP contribution in [0.4, 0.5) is 4.39 Å². The zero-order valence-electron chi connectivity index (χ0n) is 12.4. The Labute approximate surface area is 133 Å². The molecule has 1 N–H and O–H groups in total. The first-order valence-electron chi connectivity index (χ1n) is 6.89. The van der Waals surface area contributed by atoms with Crippen LogP contribution in [0.2, 0.25) is 0 Å². The summed E-state index contributed by atoms with van der Waals surface area (Å²) in [4.78, 5) is 0. The molecule has 0 aliphatic carbocycles. The quantitative estimate of drug-likeness (QED) is 0.849. The number of benzene rings is 2. The van der Waals surface area contributed by atoms with Crippen molar-refractivity contribution in [3.05, 3.63) is 63.4 Å². The molecule has 0 saturated carbocycles. The summed E-state index contributed by atoms with van der Waals surface area (Å²) in [5.74, 6) is 0.604. The van der Waals surface area contributed by atoms with Crippen LogP contribution in [-0.2, 0) is 0 Å². The minimum Gasteiger partial charge on any atom is -0.496 e. The number of rotatable bonds is 5. The van der Waals surface area contributed by atoms with E-state index >= 15 is 0 Å². The third-order valence-corrected chi connectivity index (χ3v) is 4.07. The summed E-state index contributed by atoms with van der Waals surface area (Å²) >= 11 is 3.50. The Kier molecular flexibility index (Phi) is 5.37. The van der Waals surface area contributed by atoms with Gasteiger partial charge in [-0.25, -0.2) is 4.39 Å². The molecule has 21 heavy (non-hydrogen) atoms. The highest BCUT2D eigenvalue weighted by Gasteiger charge is 2.15. The third-order valence-electron chi connectivity index (χ3n) is 3.45. The average molecular weight is 352 g/mol. The van der Waals surface area contributed by atoms with Gasteiger partial charge in [0.2, 0.25) is 0 Å². The number of halogens is 2. The molecule has 0 aliphatic heterocycles. The van der Waals surface area contributed by atoms with Crippen molar-refractivity contribution < 1.29 is 9.13 Å². The molecule has 1 atom stereocenters. The van der Waals surface area contributed by atoms with Crippen molar-refractivity contribution in [1.29, 1.82) is 0 Å². The molecule has 2 rings (SSSR count). The van der Waals surface area contributed by atoms with Crippen LogP contribution in [0.15, 0.2) is 40.9 Å². The van der Waals surface area contributed by atoms with Crippen LogP contribution >= 0.6 is 15.9 Å². The van der Waals surface area contributed by atoms with Gasteiger partial charge in [0.15, 0.2) is 0 Å². The van der Waals surface area contributed by atoms with Gasteiger partial charge in [-0.2, -0.15) is 0 Å². The van der Waals surface area contributed by atoms with E-state index in [0.717, 1.165) is 27.9 Å². The van der Waals surface area contributed by atoms with E-state index in [4.69, 9.17) is 4.74 Å². The summed E-state index contributed by atoms with van der Waals surface area (Å²) in [5, 5.41) is 3.40. The first-order chi connectivity index (χ1) is 10.1. The van der Waals surface area contributed by atoms with Crippen LogP contribution in [-0.4, -0.2) is 13.7 Å². The fourth-order valence-electron chi connectivity index (χ4n) is 2.28. The lowest BCUT2D eigenvalue weighted by atomic mass is 9.97. The number of methoxy groups -OCH3 is 1. The molecule has 0 aliphatic rings. The number of aryl methyl sites for hydroxylation is 1. The summed E-state index contributed by atoms with van der Waals surface area (Å²) in [6, 6.07) is 11.2. The van der Waals surface area contributed by atoms with Crippen LogP contribution in [0.25, 0.3) is 0 Å². The van der Waals surface area contributed by atoms with Gasteiger partial charge >= 0.3 is 0 Å². The molecule has 0 radical (unpaired) electrons. The van der Waals surface area contributed by atoms with Gasteiger partial charge in [0.05, 0.1) is 17.6 Å². The highest BCUT2D eigenvalue weighted by molar-refractivity contribution is 9.10. The topological polar surface area (TPSA) is 21.3 Å². The van der Waals surface area contributed by atoms with Crippen molar-refractivity contribution in [2.45, 2.75) is 19.9 Å². The largest absolute Gasteiger partial charge is 0.496 e. The molecular formula is C17H19BrFNO. The molecule has 0 amide bonds. The Bertz CT molecular complexity index is 630. The lowest BCUT2D eigenvalue weighted by Gasteiger charge is -2.20. The van der Waals surface area contributed by atoms with Crippen molar-refractivity contribution >= 4 is 15.9 Å². The molecule has 112 valence electrons. The van der Waals surface area contributed by atoms with Gasteiger partial charge in [-0.1, -0.05) is 25.1 Å². The molecular weight excluding hydrogens is 333 g/mol. The normalized spacial score (nSPS) is 12.2. The predicted molar refractivity (Wildman–Crippen MR) is 87.4 cm³/mol. The fourth-order valence-corrected chi connectivity index (χ4v) is 2.84. The van der Waals surface area contributed by atoms with Crippen LogP contribution < -0.4 is 10.1 Å². The Hall–Kier alpha value is -1.39. The molecule has 0 spiro atoms. The maximum Gasteiger partial charge on any atom is 0.133 e. The Morgan fingerprint density at radius 2 is 1.86 bits per heavy atom. The fraction of sp³-hybridized carbons (Fsp3) is 0.294. The molecule has 0 aromatic heterocycles. The number of hydrogen-bond donors (Lipinski definition) is 1. The van der Waals surface area contributed by atoms with E-state index in [-0.39, 0.29) is 11.9 Å². The monoisotopic (exact) mass is 351 g/mol. The third kappa shape index (κ3) is 3.63. The van der Waals surface area contributed by atoms with Gasteiger partial charge < -0.3 is 10.1 Å². The van der Waals surface area contributed by atoms with E-state index in [0.29, 0.717) is 5.56 Å². The van der Waals surface area contributed by atoms with Gasteiger partial charge in [-0.15, -0.1) is 0 Å². The number of hydrogen-bond acceptors (Lipinski definition) is 2. The highest BCUT2D eigenvalue weighted by atomic mass is 79.9. The van der Waals surface area contributed by atoms with Crippen LogP contribution in [0.5, 0.6) is 5.75 Å². The first kappa shape index (κ1) is 16.0. The molecule has 2 nitrogen and oxygen atoms in total. The maximum absolute atomic E-state index is 13.8. The Morgan fingerprint density at radius 1 is 1.19 bits per heavy atom. The molecule has 0 bridgehead atoms. The zero-order chi connectivity index (χ0) is 15.4. The second kappa shape index (κ2) is 7.05. The molecule has 4 heteroatoms. The van der Waals surface area contributed by atoms with Crippen LogP contribution in [0, 0.1) is 12.7 Å². The van der Waals surface area contributed by atoms with E-state index in [2.05, 4.69) is 21.2 Å². The van der Waals surface area contributed by atoms with E-state index in [1.165, 1.54) is 0 Å². The molecule has 0 saturated heterocycles. The van der Waals surface area contributed by atoms with E-state index in [1.54, 1.807) is 20.1 Å². The number of nitrogens with one attached hydrogen (secondary N) is 1. The minimum atomic E-state index is -0.178. The molecule has 1 unspecified atom stereocenters. The van der Waals surface area contributed by atoms with Crippen molar-refractivity contribution in [2.75, 3.05) is 13.7 Å². The number of ether oxygens (including phenoxy) is 1. The van der Waals surface area contributed by atoms with Crippen molar-refractivity contribution in [3.63, 3.8) is 0 Å². The van der Waals surface area contributed by atoms with Gasteiger partial charge in [-0.05, 0) is 64.3 Å². The summed E-state index contributed by atoms with van der Waals surface area (Å²) < 4.78 is 20.0. The van der Waals surface area contributed by atoms with Gasteiger partial charge in [-0.3, -0.25) is 0 Å². The lowest BCUT2D eigenvalue weighted by molar-refractivity contribution is 0.411. The molecule has 0 fully saturated rings. The molecule has 0 heterocycles. The standard InChI is InChI=1S/C17H19BrFNO/c1-4-20-17(13-6-5-11(2)15(19)10-13)12-7-8-16(21-3)14(18)9-12/h5-10,17,20H,4H2,1-3H3. The zero-order valence-corrected chi connectivity index (χ0v) is 14.0. The minimum absolute atomic E-state index is 0.0488. The van der Waals surface area contributed by atoms with Gasteiger partial charge in [0.25, 0.3) is 0 Å². The van der Waals surface area contributed by atoms with Crippen LogP contribution in [0.3, 0.4) is 0 Å². The average Bonchev–Trinajstić information content (AvgIpc) is 2.48. The second-order valence-electron chi connectivity index (χ2n) is 4.89. The highest BCUT2D eigenvalue weighted by Crippen LogP contribution is 2.31. The van der Waals surface area contributed by atoms with Crippen LogP contribution in [0.1, 0.15) is 29.7 Å². The summed E-state index contributed by atoms with van der Waals surface area (Å²) in [6.07, 6.45) is 0. The Morgan fingerprint density at radius 3 is 2.43 bits per heavy atom. The predicted octanol–water partition coefficient (Wildman–Crippen LogP) is 4.60. The molecule has 2 aromatic carbocycles. The van der Waals surface area contributed by atoms with Gasteiger partial charge in [0.1, 0.15) is 11.6 Å². The summed E-state index contributed by atoms with van der Waals surface area (Å²) in [7, 11) is 1.64. The second-order valence-corrected chi connectivity index (χ2v) is 5.75. The Balaban J connectivity index is 2.42. The summed E-state index contributed by atoms with van der Waals surface area (Å²) in [5.41, 5.74) is 2.63. The maximum atomic E-state index is 13.8. The van der Waals surface area contributed by atoms with E-state index in [9.17, 15) is 4.39 Å². The van der Waals surface area contributed by atoms with Gasteiger partial charge in [0, 0.05) is 0 Å². The smallest absolute Gasteiger partial charge is 0.133 e. The SMILES string of the molecule is CCNC(c1ccc(C)c(F)c1)c1ccc(OC)c(Br)c1. The van der Waals surface area contributed by atoms with E-state index in [1.807, 2.05) is 37.3 Å². The first-order valence-corrected chi connectivity index (χ1v) is 7.69. The van der Waals surface area contributed by atoms with Crippen molar-refractivity contribution in [3.8, 4) is 5.75 Å². The lowest BCUT2D eigenvalue weighted by Crippen LogP contribution is -2.22. The molecule has 2 aromatic rings. The van der Waals surface area contributed by atoms with E-state index < -0.39 is 0 Å². The summed E-state index contributed by atoms with van der Waals surface area (Å²) in [6.45, 7) is 4.60. The van der Waals surface area contributed by atoms with Crippen molar-refractivity contribution in [1.82, 2.24) is 5.32 Å². The van der Waals surface area contributed by atoms with Crippen molar-refractivity contribution in [2.24, 2.45) is 0 Å².